The van der Waals surface area contributed by atoms with Crippen LogP contribution in [0.5, 0.6) is 0 Å². The second kappa shape index (κ2) is 37.9. The first kappa shape index (κ1) is 61.4. The summed E-state index contributed by atoms with van der Waals surface area (Å²) in [6, 6.07) is 0. The lowest BCUT2D eigenvalue weighted by Crippen LogP contribution is -3.00. The fourth-order valence-corrected chi connectivity index (χ4v) is 6.60. The third-order valence-corrected chi connectivity index (χ3v) is 9.92. The smallest absolute Gasteiger partial charge is 0.361 e. The Labute approximate surface area is 371 Å². The summed E-state index contributed by atoms with van der Waals surface area (Å²) in [6.07, 6.45) is 20.1. The molecule has 0 radical (unpaired) electrons. The van der Waals surface area contributed by atoms with Gasteiger partial charge >= 0.3 is 17.9 Å². The second-order valence-corrected chi connectivity index (χ2v) is 17.3. The van der Waals surface area contributed by atoms with Gasteiger partial charge in [0.15, 0.2) is 19.6 Å². The molecule has 13 heteroatoms. The van der Waals surface area contributed by atoms with Crippen LogP contribution >= 0.6 is 0 Å². The zero-order valence-electron chi connectivity index (χ0n) is 37.1. The molecule has 0 spiro atoms. The van der Waals surface area contributed by atoms with E-state index in [2.05, 4.69) is 68.0 Å². The van der Waals surface area contributed by atoms with Crippen molar-refractivity contribution < 1.29 is 93.0 Å². The Morgan fingerprint density at radius 2 is 0.618 bits per heavy atom. The minimum atomic E-state index is -0.109. The van der Waals surface area contributed by atoms with Gasteiger partial charge in [-0.1, -0.05) is 97.8 Å². The lowest BCUT2D eigenvalue weighted by atomic mass is 10.2. The predicted molar refractivity (Wildman–Crippen MR) is 215 cm³/mol. The molecule has 0 aromatic carbocycles. The van der Waals surface area contributed by atoms with E-state index >= 15 is 0 Å². The van der Waals surface area contributed by atoms with Gasteiger partial charge in [0, 0.05) is 38.9 Å². The van der Waals surface area contributed by atoms with E-state index in [0.29, 0.717) is 52.9 Å². The van der Waals surface area contributed by atoms with E-state index in [4.69, 9.17) is 14.2 Å². The van der Waals surface area contributed by atoms with Gasteiger partial charge in [-0.05, 0) is 19.3 Å². The summed E-state index contributed by atoms with van der Waals surface area (Å²) < 4.78 is 18.5. The Bertz CT molecular complexity index is 814. The highest BCUT2D eigenvalue weighted by molar-refractivity contribution is 5.71. The van der Waals surface area contributed by atoms with Crippen LogP contribution in [-0.2, 0) is 28.6 Å². The Hall–Kier alpha value is -0.310. The molecular formula is C42H87Br3N4O6. The number of esters is 3. The van der Waals surface area contributed by atoms with Gasteiger partial charge < -0.3 is 83.5 Å². The maximum atomic E-state index is 12.6. The topological polar surface area (TPSA) is 82.1 Å². The Balaban J connectivity index is -0.00000433. The summed E-state index contributed by atoms with van der Waals surface area (Å²) in [5, 5.41) is 0. The van der Waals surface area contributed by atoms with Gasteiger partial charge in [0.1, 0.15) is 0 Å². The number of hydrogen-bond donors (Lipinski definition) is 0. The molecule has 0 aromatic heterocycles. The van der Waals surface area contributed by atoms with E-state index in [9.17, 15) is 14.4 Å². The molecule has 10 nitrogen and oxygen atoms in total. The van der Waals surface area contributed by atoms with Crippen molar-refractivity contribution in [2.75, 3.05) is 121 Å². The average molecular weight is 984 g/mol. The first-order valence-corrected chi connectivity index (χ1v) is 21.3. The van der Waals surface area contributed by atoms with Crippen LogP contribution in [0.25, 0.3) is 0 Å². The molecule has 0 bridgehead atoms. The number of hydrogen-bond acceptors (Lipinski definition) is 7. The minimum absolute atomic E-state index is 0. The molecule has 0 heterocycles. The van der Waals surface area contributed by atoms with Gasteiger partial charge in [-0.2, -0.15) is 0 Å². The summed E-state index contributed by atoms with van der Waals surface area (Å²) >= 11 is 0. The Morgan fingerprint density at radius 3 is 0.855 bits per heavy atom. The van der Waals surface area contributed by atoms with Crippen molar-refractivity contribution in [3.63, 3.8) is 0 Å². The van der Waals surface area contributed by atoms with Crippen LogP contribution < -0.4 is 50.9 Å². The molecule has 332 valence electrons. The van der Waals surface area contributed by atoms with Gasteiger partial charge in [-0.25, -0.2) is 14.4 Å². The third kappa shape index (κ3) is 40.3. The number of quaternary nitrogens is 3. The highest BCUT2D eigenvalue weighted by Gasteiger charge is 2.25. The highest BCUT2D eigenvalue weighted by Crippen LogP contribution is 2.10. The lowest BCUT2D eigenvalue weighted by molar-refractivity contribution is -0.883. The van der Waals surface area contributed by atoms with Gasteiger partial charge in [-0.15, -0.1) is 0 Å². The number of rotatable bonds is 36. The fourth-order valence-electron chi connectivity index (χ4n) is 6.60. The maximum Gasteiger partial charge on any atom is 0.361 e. The van der Waals surface area contributed by atoms with E-state index in [-0.39, 0.29) is 68.9 Å². The van der Waals surface area contributed by atoms with Crippen LogP contribution in [-0.4, -0.2) is 157 Å². The van der Waals surface area contributed by atoms with Crippen LogP contribution in [0.2, 0.25) is 0 Å². The molecule has 0 amide bonds. The number of nitrogens with zero attached hydrogens (tertiary/aromatic N) is 4. The van der Waals surface area contributed by atoms with Gasteiger partial charge in [0.2, 0.25) is 0 Å². The Morgan fingerprint density at radius 1 is 0.382 bits per heavy atom. The van der Waals surface area contributed by atoms with Crippen LogP contribution in [0.4, 0.5) is 0 Å². The van der Waals surface area contributed by atoms with Gasteiger partial charge in [-0.3, -0.25) is 0 Å². The first-order chi connectivity index (χ1) is 24.6. The minimum Gasteiger partial charge on any atom is -1.00 e. The summed E-state index contributed by atoms with van der Waals surface area (Å²) in [5.74, 6) is -0.327. The normalized spacial score (nSPS) is 11.7. The zero-order chi connectivity index (χ0) is 39.1. The van der Waals surface area contributed by atoms with Gasteiger partial charge in [0.25, 0.3) is 0 Å². The fraction of sp³-hybridized carbons (Fsp3) is 0.929. The van der Waals surface area contributed by atoms with E-state index < -0.39 is 0 Å². The largest absolute Gasteiger partial charge is 1.00 e. The highest BCUT2D eigenvalue weighted by atomic mass is 79.9. The van der Waals surface area contributed by atoms with Gasteiger partial charge in [0.05, 0.1) is 81.7 Å². The predicted octanol–water partition coefficient (Wildman–Crippen LogP) is -1.76. The Kier molecular flexibility index (Phi) is 42.3. The lowest BCUT2D eigenvalue weighted by Gasteiger charge is -2.32. The van der Waals surface area contributed by atoms with E-state index in [1.807, 2.05) is 0 Å². The van der Waals surface area contributed by atoms with Crippen LogP contribution in [0, 0.1) is 0 Å². The summed E-state index contributed by atoms with van der Waals surface area (Å²) in [7, 11) is 12.7. The molecule has 0 aliphatic carbocycles. The molecule has 0 unspecified atom stereocenters. The van der Waals surface area contributed by atoms with Crippen molar-refractivity contribution >= 4 is 17.9 Å². The van der Waals surface area contributed by atoms with Crippen molar-refractivity contribution in [1.29, 1.82) is 0 Å². The number of halogens is 3. The van der Waals surface area contributed by atoms with Crippen molar-refractivity contribution in [3.8, 4) is 0 Å². The molecule has 0 saturated carbocycles. The third-order valence-electron chi connectivity index (χ3n) is 9.92. The van der Waals surface area contributed by atoms with Crippen LogP contribution in [0.1, 0.15) is 136 Å². The molecule has 0 aromatic rings. The molecule has 0 N–H and O–H groups in total. The number of likely N-dealkylation sites (N-methyl/N-ethyl adjacent to an activating group) is 3. The van der Waals surface area contributed by atoms with E-state index in [0.717, 1.165) is 97.1 Å². The average Bonchev–Trinajstić information content (AvgIpc) is 3.04. The molecule has 0 fully saturated rings. The molecule has 0 atom stereocenters. The van der Waals surface area contributed by atoms with E-state index in [1.165, 1.54) is 57.8 Å². The maximum absolute atomic E-state index is 12.6. The molecule has 0 aliphatic heterocycles. The van der Waals surface area contributed by atoms with Crippen molar-refractivity contribution in [1.82, 2.24) is 4.90 Å². The summed E-state index contributed by atoms with van der Waals surface area (Å²) in [5.41, 5.74) is 0. The van der Waals surface area contributed by atoms with E-state index in [1.54, 1.807) is 0 Å². The summed E-state index contributed by atoms with van der Waals surface area (Å²) in [4.78, 5) is 40.2. The number of carbonyl (C=O) groups excluding carboxylic acids is 3. The SMILES string of the molecule is CCCCCCCOC(=O)C[N+](C)(C)CCCN(CCC[N+](C)(C)CC(=O)OCCCCCCC)CCC[N+](C)(C)CC(=O)OCCCCCCC.[Br-].[Br-].[Br-]. The molecular weight excluding hydrogens is 896 g/mol. The molecule has 0 aliphatic rings. The molecule has 0 rings (SSSR count). The zero-order valence-corrected chi connectivity index (χ0v) is 41.8. The quantitative estimate of drug-likeness (QED) is 0.0319. The number of ether oxygens (including phenoxy) is 3. The van der Waals surface area contributed by atoms with Crippen molar-refractivity contribution in [2.45, 2.75) is 136 Å². The first-order valence-electron chi connectivity index (χ1n) is 21.3. The monoisotopic (exact) mass is 980 g/mol. The van der Waals surface area contributed by atoms with Crippen molar-refractivity contribution in [3.05, 3.63) is 0 Å². The molecule has 0 saturated heterocycles. The number of carbonyl (C=O) groups is 3. The second-order valence-electron chi connectivity index (χ2n) is 17.3. The molecule has 55 heavy (non-hydrogen) atoms. The van der Waals surface area contributed by atoms with Crippen molar-refractivity contribution in [2.24, 2.45) is 0 Å². The standard InChI is InChI=1S/C42H87N4O6.3BrH/c1-10-13-16-19-22-34-50-40(47)37-44(4,5)31-25-28-43(29-26-32-45(6,7)38-41(48)51-35-23-20-17-14-11-2)30-27-33-46(8,9)39-42(49)52-36-24-21-18-15-12-3;;;/h10-39H2,1-9H3;3*1H/q+3;;;/p-3. The van der Waals surface area contributed by atoms with Crippen LogP contribution in [0.15, 0.2) is 0 Å². The van der Waals surface area contributed by atoms with Crippen LogP contribution in [0.3, 0.4) is 0 Å². The summed E-state index contributed by atoms with van der Waals surface area (Å²) in [6.45, 7) is 14.8. The number of unbranched alkanes of at least 4 members (excludes halogenated alkanes) is 12.